The van der Waals surface area contributed by atoms with Crippen molar-refractivity contribution >= 4 is 46.4 Å². The van der Waals surface area contributed by atoms with E-state index in [1.54, 1.807) is 0 Å². The molecule has 5 rings (SSSR count). The minimum absolute atomic E-state index is 0.456. The van der Waals surface area contributed by atoms with Crippen LogP contribution in [-0.4, -0.2) is 19.9 Å². The van der Waals surface area contributed by atoms with Crippen molar-refractivity contribution in [2.75, 3.05) is 0 Å². The molecule has 0 fully saturated rings. The molecule has 8 bridgehead atoms. The molecule has 0 spiro atoms. The van der Waals surface area contributed by atoms with Crippen molar-refractivity contribution in [1.29, 1.82) is 0 Å². The molecule has 152 valence electrons. The summed E-state index contributed by atoms with van der Waals surface area (Å²) in [5, 5.41) is 0. The average molecular weight is 405 g/mol. The van der Waals surface area contributed by atoms with Crippen LogP contribution in [0.1, 0.15) is 66.5 Å². The lowest BCUT2D eigenvalue weighted by Crippen LogP contribution is -1.96. The van der Waals surface area contributed by atoms with Gasteiger partial charge in [-0.25, -0.2) is 9.97 Å². The van der Waals surface area contributed by atoms with Crippen molar-refractivity contribution in [2.45, 2.75) is 32.6 Å². The Morgan fingerprint density at radius 3 is 1.77 bits per heavy atom. The third-order valence-electron chi connectivity index (χ3n) is 5.98. The third kappa shape index (κ3) is 3.49. The molecule has 0 aromatic carbocycles. The Bertz CT molecular complexity index is 1320. The fourth-order valence-electron chi connectivity index (χ4n) is 4.38. The summed E-state index contributed by atoms with van der Waals surface area (Å²) in [6.45, 7) is 4.49. The van der Waals surface area contributed by atoms with E-state index in [9.17, 15) is 0 Å². The minimum atomic E-state index is 0.456. The number of nitrogens with zero attached hydrogens (tertiary/aromatic N) is 2. The van der Waals surface area contributed by atoms with Gasteiger partial charge in [0.05, 0.1) is 28.3 Å². The van der Waals surface area contributed by atoms with E-state index in [-0.39, 0.29) is 0 Å². The lowest BCUT2D eigenvalue weighted by molar-refractivity contribution is 0.649. The number of terminal acetylenes is 1. The van der Waals surface area contributed by atoms with Crippen LogP contribution >= 0.6 is 0 Å². The number of hydrogen-bond acceptors (Lipinski definition) is 2. The lowest BCUT2D eigenvalue weighted by atomic mass is 9.93. The Morgan fingerprint density at radius 2 is 1.32 bits per heavy atom. The van der Waals surface area contributed by atoms with Crippen molar-refractivity contribution in [3.8, 4) is 12.3 Å². The molecule has 4 heteroatoms. The largest absolute Gasteiger partial charge is 0.355 e. The van der Waals surface area contributed by atoms with E-state index in [4.69, 9.17) is 16.4 Å². The minimum Gasteiger partial charge on any atom is -0.355 e. The number of nitrogens with one attached hydrogen (secondary N) is 2. The van der Waals surface area contributed by atoms with Crippen molar-refractivity contribution < 1.29 is 0 Å². The molecular weight excluding hydrogens is 380 g/mol. The molecule has 0 amide bonds. The fourth-order valence-corrected chi connectivity index (χ4v) is 4.38. The van der Waals surface area contributed by atoms with Gasteiger partial charge in [-0.2, -0.15) is 0 Å². The number of hydrogen-bond donors (Lipinski definition) is 2. The molecule has 3 aromatic rings. The summed E-state index contributed by atoms with van der Waals surface area (Å²) < 4.78 is 0. The average Bonchev–Trinajstić information content (AvgIpc) is 3.56. The van der Waals surface area contributed by atoms with Gasteiger partial charge in [-0.05, 0) is 79.5 Å². The number of aromatic amines is 2. The quantitative estimate of drug-likeness (QED) is 0.335. The molecule has 2 N–H and O–H groups in total. The van der Waals surface area contributed by atoms with Gasteiger partial charge in [-0.3, -0.25) is 0 Å². The van der Waals surface area contributed by atoms with Crippen LogP contribution in [0.15, 0.2) is 36.4 Å². The number of fused-ring (bicyclic) bond motifs is 8. The second kappa shape index (κ2) is 7.77. The SMILES string of the molecule is C#Cc1c2nc(cc3ccc([nH]3)c(C(CC)CC)c3ccc(cc4nc1C=C4)[nH]3)C=C2. The molecule has 0 unspecified atom stereocenters. The summed E-state index contributed by atoms with van der Waals surface area (Å²) in [5.74, 6) is 3.23. The van der Waals surface area contributed by atoms with Crippen LogP contribution in [-0.2, 0) is 0 Å². The highest BCUT2D eigenvalue weighted by atomic mass is 14.8. The maximum Gasteiger partial charge on any atom is 0.0816 e. The van der Waals surface area contributed by atoms with Gasteiger partial charge in [0, 0.05) is 27.6 Å². The van der Waals surface area contributed by atoms with Gasteiger partial charge in [0.15, 0.2) is 0 Å². The van der Waals surface area contributed by atoms with Crippen LogP contribution in [0, 0.1) is 12.3 Å². The lowest BCUT2D eigenvalue weighted by Gasteiger charge is -2.13. The summed E-state index contributed by atoms with van der Waals surface area (Å²) in [6.07, 6.45) is 15.9. The molecule has 3 aromatic heterocycles. The van der Waals surface area contributed by atoms with Gasteiger partial charge in [0.1, 0.15) is 0 Å². The highest BCUT2D eigenvalue weighted by molar-refractivity contribution is 5.82. The molecule has 0 radical (unpaired) electrons. The van der Waals surface area contributed by atoms with E-state index in [1.807, 2.05) is 24.3 Å². The van der Waals surface area contributed by atoms with Crippen molar-refractivity contribution in [1.82, 2.24) is 19.9 Å². The molecule has 0 saturated heterocycles. The van der Waals surface area contributed by atoms with Gasteiger partial charge in [-0.1, -0.05) is 19.8 Å². The zero-order valence-corrected chi connectivity index (χ0v) is 17.7. The summed E-state index contributed by atoms with van der Waals surface area (Å²) in [7, 11) is 0. The predicted molar refractivity (Wildman–Crippen MR) is 130 cm³/mol. The molecule has 2 aliphatic heterocycles. The monoisotopic (exact) mass is 404 g/mol. The first kappa shape index (κ1) is 19.1. The Kier molecular flexibility index (Phi) is 4.80. The Hall–Kier alpha value is -3.84. The molecule has 2 aliphatic rings. The van der Waals surface area contributed by atoms with Gasteiger partial charge < -0.3 is 9.97 Å². The zero-order chi connectivity index (χ0) is 21.4. The molecule has 31 heavy (non-hydrogen) atoms. The first-order valence-corrected chi connectivity index (χ1v) is 10.7. The normalized spacial score (nSPS) is 12.5. The highest BCUT2D eigenvalue weighted by Gasteiger charge is 2.14. The standard InChI is InChI=1S/C27H24N4/c1-4-17(5-2)27-25-13-9-20(30-25)15-18-7-11-23(28-18)22(6-3)24-12-8-19(29-24)16-21-10-14-26(27)31-21/h3,7-17,30-31H,4-5H2,1-2H3. The fraction of sp³-hybridized carbons (Fsp3) is 0.185. The van der Waals surface area contributed by atoms with Gasteiger partial charge in [-0.15, -0.1) is 6.42 Å². The second-order valence-electron chi connectivity index (χ2n) is 7.90. The van der Waals surface area contributed by atoms with Gasteiger partial charge in [0.2, 0.25) is 0 Å². The van der Waals surface area contributed by atoms with E-state index < -0.39 is 0 Å². The van der Waals surface area contributed by atoms with Crippen LogP contribution in [0.3, 0.4) is 0 Å². The predicted octanol–water partition coefficient (Wildman–Crippen LogP) is 6.54. The van der Waals surface area contributed by atoms with Gasteiger partial charge >= 0.3 is 0 Å². The second-order valence-corrected chi connectivity index (χ2v) is 7.90. The van der Waals surface area contributed by atoms with E-state index in [0.29, 0.717) is 11.5 Å². The summed E-state index contributed by atoms with van der Waals surface area (Å²) in [5.41, 5.74) is 9.59. The first-order valence-electron chi connectivity index (χ1n) is 10.7. The molecule has 5 heterocycles. The van der Waals surface area contributed by atoms with Gasteiger partial charge in [0.25, 0.3) is 0 Å². The maximum absolute atomic E-state index is 5.82. The summed E-state index contributed by atoms with van der Waals surface area (Å²) >= 11 is 0. The van der Waals surface area contributed by atoms with Crippen LogP contribution in [0.4, 0.5) is 0 Å². The van der Waals surface area contributed by atoms with Crippen LogP contribution in [0.2, 0.25) is 0 Å². The number of H-pyrrole nitrogens is 2. The molecule has 0 aliphatic carbocycles. The topological polar surface area (TPSA) is 57.4 Å². The zero-order valence-electron chi connectivity index (χ0n) is 17.7. The van der Waals surface area contributed by atoms with Crippen molar-refractivity contribution in [2.24, 2.45) is 0 Å². The Morgan fingerprint density at radius 1 is 0.806 bits per heavy atom. The third-order valence-corrected chi connectivity index (χ3v) is 5.98. The summed E-state index contributed by atoms with van der Waals surface area (Å²) in [6, 6.07) is 12.6. The highest BCUT2D eigenvalue weighted by Crippen LogP contribution is 2.30. The van der Waals surface area contributed by atoms with E-state index in [0.717, 1.165) is 57.7 Å². The van der Waals surface area contributed by atoms with Crippen LogP contribution in [0.5, 0.6) is 0 Å². The Labute approximate surface area is 181 Å². The number of aromatic nitrogens is 4. The van der Waals surface area contributed by atoms with E-state index >= 15 is 0 Å². The van der Waals surface area contributed by atoms with E-state index in [1.165, 1.54) is 5.56 Å². The molecule has 4 nitrogen and oxygen atoms in total. The Balaban J connectivity index is 1.90. The molecule has 0 atom stereocenters. The smallest absolute Gasteiger partial charge is 0.0816 e. The maximum atomic E-state index is 5.82. The summed E-state index contributed by atoms with van der Waals surface area (Å²) in [4.78, 5) is 16.7. The number of rotatable bonds is 3. The van der Waals surface area contributed by atoms with Crippen LogP contribution < -0.4 is 0 Å². The molecular formula is C27H24N4. The first-order chi connectivity index (χ1) is 15.2. The van der Waals surface area contributed by atoms with E-state index in [2.05, 4.69) is 66.1 Å². The van der Waals surface area contributed by atoms with Crippen molar-refractivity contribution in [3.05, 3.63) is 70.3 Å². The van der Waals surface area contributed by atoms with Crippen molar-refractivity contribution in [3.63, 3.8) is 0 Å². The molecule has 0 saturated carbocycles. The van der Waals surface area contributed by atoms with Crippen LogP contribution in [0.25, 0.3) is 46.4 Å².